The standard InChI is InChI=1S/C10H16O4/c1-12-8(11)9-6-7(9)4-5-10(9,13-2)14-3/h7H,4-6H2,1-3H3. The molecule has 2 unspecified atom stereocenters. The van der Waals surface area contributed by atoms with E-state index in [0.29, 0.717) is 5.92 Å². The molecule has 0 aromatic carbocycles. The Morgan fingerprint density at radius 3 is 2.36 bits per heavy atom. The van der Waals surface area contributed by atoms with Crippen LogP contribution in [-0.2, 0) is 19.0 Å². The summed E-state index contributed by atoms with van der Waals surface area (Å²) in [5, 5.41) is 0. The molecule has 4 heteroatoms. The quantitative estimate of drug-likeness (QED) is 0.502. The Balaban J connectivity index is 2.31. The molecule has 14 heavy (non-hydrogen) atoms. The van der Waals surface area contributed by atoms with Crippen molar-refractivity contribution in [3.05, 3.63) is 0 Å². The Kier molecular flexibility index (Phi) is 2.08. The lowest BCUT2D eigenvalue weighted by Gasteiger charge is -2.33. The summed E-state index contributed by atoms with van der Waals surface area (Å²) in [6.07, 6.45) is 2.60. The summed E-state index contributed by atoms with van der Waals surface area (Å²) in [7, 11) is 4.60. The molecule has 4 nitrogen and oxygen atoms in total. The summed E-state index contributed by atoms with van der Waals surface area (Å²) >= 11 is 0. The molecular weight excluding hydrogens is 184 g/mol. The van der Waals surface area contributed by atoms with Crippen molar-refractivity contribution < 1.29 is 19.0 Å². The average Bonchev–Trinajstić information content (AvgIpc) is 2.89. The first kappa shape index (κ1) is 9.93. The highest BCUT2D eigenvalue weighted by molar-refractivity contribution is 5.82. The molecule has 0 saturated heterocycles. The summed E-state index contributed by atoms with van der Waals surface area (Å²) in [4.78, 5) is 11.7. The summed E-state index contributed by atoms with van der Waals surface area (Å²) in [5.41, 5.74) is -0.523. The van der Waals surface area contributed by atoms with Gasteiger partial charge >= 0.3 is 5.97 Å². The van der Waals surface area contributed by atoms with Crippen molar-refractivity contribution >= 4 is 5.97 Å². The Bertz CT molecular complexity index is 259. The van der Waals surface area contributed by atoms with E-state index in [2.05, 4.69) is 0 Å². The predicted molar refractivity (Wildman–Crippen MR) is 48.5 cm³/mol. The number of fused-ring (bicyclic) bond motifs is 1. The van der Waals surface area contributed by atoms with E-state index >= 15 is 0 Å². The lowest BCUT2D eigenvalue weighted by Crippen LogP contribution is -2.46. The van der Waals surface area contributed by atoms with Crippen LogP contribution in [0.15, 0.2) is 0 Å². The molecule has 80 valence electrons. The third-order valence-corrected chi connectivity index (χ3v) is 3.82. The molecule has 2 rings (SSSR count). The van der Waals surface area contributed by atoms with Crippen LogP contribution in [0, 0.1) is 11.3 Å². The minimum Gasteiger partial charge on any atom is -0.468 e. The number of methoxy groups -OCH3 is 3. The molecule has 2 aliphatic carbocycles. The lowest BCUT2D eigenvalue weighted by atomic mass is 9.96. The minimum atomic E-state index is -0.745. The Morgan fingerprint density at radius 1 is 1.29 bits per heavy atom. The van der Waals surface area contributed by atoms with Crippen molar-refractivity contribution in [3.8, 4) is 0 Å². The molecule has 0 bridgehead atoms. The van der Waals surface area contributed by atoms with Gasteiger partial charge in [-0.15, -0.1) is 0 Å². The zero-order valence-corrected chi connectivity index (χ0v) is 8.83. The maximum Gasteiger partial charge on any atom is 0.317 e. The van der Waals surface area contributed by atoms with Crippen LogP contribution in [0.5, 0.6) is 0 Å². The van der Waals surface area contributed by atoms with Gasteiger partial charge in [-0.05, 0) is 18.8 Å². The largest absolute Gasteiger partial charge is 0.468 e. The Hall–Kier alpha value is -0.610. The van der Waals surface area contributed by atoms with Crippen LogP contribution < -0.4 is 0 Å². The SMILES string of the molecule is COC(=O)C12CC1CCC2(OC)OC. The first-order valence-electron chi connectivity index (χ1n) is 4.85. The molecule has 0 aliphatic heterocycles. The second-order valence-electron chi connectivity index (χ2n) is 4.06. The van der Waals surface area contributed by atoms with Crippen molar-refractivity contribution in [2.24, 2.45) is 11.3 Å². The highest BCUT2D eigenvalue weighted by Crippen LogP contribution is 2.70. The van der Waals surface area contributed by atoms with Gasteiger partial charge in [0.25, 0.3) is 0 Å². The van der Waals surface area contributed by atoms with Gasteiger partial charge in [-0.2, -0.15) is 0 Å². The Morgan fingerprint density at radius 2 is 1.93 bits per heavy atom. The van der Waals surface area contributed by atoms with Crippen LogP contribution in [0.1, 0.15) is 19.3 Å². The fraction of sp³-hybridized carbons (Fsp3) is 0.900. The molecular formula is C10H16O4. The van der Waals surface area contributed by atoms with E-state index in [1.807, 2.05) is 0 Å². The van der Waals surface area contributed by atoms with Gasteiger partial charge in [-0.25, -0.2) is 0 Å². The highest BCUT2D eigenvalue weighted by Gasteiger charge is 2.77. The van der Waals surface area contributed by atoms with Crippen LogP contribution >= 0.6 is 0 Å². The topological polar surface area (TPSA) is 44.8 Å². The number of rotatable bonds is 3. The molecule has 0 N–H and O–H groups in total. The first-order chi connectivity index (χ1) is 6.66. The monoisotopic (exact) mass is 200 g/mol. The van der Waals surface area contributed by atoms with Gasteiger partial charge in [0, 0.05) is 20.6 Å². The van der Waals surface area contributed by atoms with Gasteiger partial charge in [-0.3, -0.25) is 4.79 Å². The Labute approximate surface area is 83.5 Å². The molecule has 2 saturated carbocycles. The predicted octanol–water partition coefficient (Wildman–Crippen LogP) is 0.949. The number of hydrogen-bond acceptors (Lipinski definition) is 4. The number of carbonyl (C=O) groups is 1. The van der Waals surface area contributed by atoms with Crippen molar-refractivity contribution in [1.82, 2.24) is 0 Å². The maximum absolute atomic E-state index is 11.7. The molecule has 0 aromatic rings. The fourth-order valence-electron chi connectivity index (χ4n) is 2.97. The third kappa shape index (κ3) is 0.880. The van der Waals surface area contributed by atoms with E-state index in [1.54, 1.807) is 14.2 Å². The van der Waals surface area contributed by atoms with Gasteiger partial charge in [0.05, 0.1) is 7.11 Å². The lowest BCUT2D eigenvalue weighted by molar-refractivity contribution is -0.246. The van der Waals surface area contributed by atoms with E-state index in [1.165, 1.54) is 7.11 Å². The van der Waals surface area contributed by atoms with E-state index in [0.717, 1.165) is 19.3 Å². The van der Waals surface area contributed by atoms with Gasteiger partial charge < -0.3 is 14.2 Å². The van der Waals surface area contributed by atoms with E-state index in [4.69, 9.17) is 14.2 Å². The van der Waals surface area contributed by atoms with Crippen molar-refractivity contribution in [1.29, 1.82) is 0 Å². The molecule has 0 amide bonds. The summed E-state index contributed by atoms with van der Waals surface area (Å²) in [6, 6.07) is 0. The van der Waals surface area contributed by atoms with Crippen molar-refractivity contribution in [3.63, 3.8) is 0 Å². The highest BCUT2D eigenvalue weighted by atomic mass is 16.7. The van der Waals surface area contributed by atoms with Crippen LogP contribution in [0.25, 0.3) is 0 Å². The molecule has 0 heterocycles. The minimum absolute atomic E-state index is 0.191. The van der Waals surface area contributed by atoms with Crippen LogP contribution in [-0.4, -0.2) is 33.1 Å². The number of ether oxygens (including phenoxy) is 3. The van der Waals surface area contributed by atoms with Gasteiger partial charge in [0.2, 0.25) is 0 Å². The summed E-state index contributed by atoms with van der Waals surface area (Å²) in [5.74, 6) is -0.552. The molecule has 0 spiro atoms. The second kappa shape index (κ2) is 2.94. The zero-order chi connectivity index (χ0) is 10.4. The summed E-state index contributed by atoms with van der Waals surface area (Å²) in [6.45, 7) is 0. The van der Waals surface area contributed by atoms with E-state index in [-0.39, 0.29) is 5.97 Å². The normalized spacial score (nSPS) is 37.8. The van der Waals surface area contributed by atoms with Crippen LogP contribution in [0.2, 0.25) is 0 Å². The van der Waals surface area contributed by atoms with Gasteiger partial charge in [-0.1, -0.05) is 0 Å². The van der Waals surface area contributed by atoms with E-state index in [9.17, 15) is 4.79 Å². The van der Waals surface area contributed by atoms with Crippen molar-refractivity contribution in [2.75, 3.05) is 21.3 Å². The molecule has 0 radical (unpaired) electrons. The van der Waals surface area contributed by atoms with E-state index < -0.39 is 11.2 Å². The van der Waals surface area contributed by atoms with Crippen LogP contribution in [0.4, 0.5) is 0 Å². The average molecular weight is 200 g/mol. The third-order valence-electron chi connectivity index (χ3n) is 3.82. The van der Waals surface area contributed by atoms with Crippen molar-refractivity contribution in [2.45, 2.75) is 25.0 Å². The van der Waals surface area contributed by atoms with Gasteiger partial charge in [0.1, 0.15) is 5.41 Å². The molecule has 2 fully saturated rings. The molecule has 0 aromatic heterocycles. The first-order valence-corrected chi connectivity index (χ1v) is 4.85. The zero-order valence-electron chi connectivity index (χ0n) is 8.83. The molecule has 2 aliphatic rings. The smallest absolute Gasteiger partial charge is 0.317 e. The fourth-order valence-corrected chi connectivity index (χ4v) is 2.97. The number of hydrogen-bond donors (Lipinski definition) is 0. The number of esters is 1. The molecule has 2 atom stereocenters. The van der Waals surface area contributed by atoms with Crippen LogP contribution in [0.3, 0.4) is 0 Å². The summed E-state index contributed by atoms with van der Waals surface area (Å²) < 4.78 is 15.6. The van der Waals surface area contributed by atoms with Gasteiger partial charge in [0.15, 0.2) is 5.79 Å². The second-order valence-corrected chi connectivity index (χ2v) is 4.06. The number of carbonyl (C=O) groups excluding carboxylic acids is 1. The maximum atomic E-state index is 11.7.